The lowest BCUT2D eigenvalue weighted by molar-refractivity contribution is -0.137. The minimum Gasteiger partial charge on any atom is -0.459 e. The molecular weight excluding hydrogens is 375 g/mol. The van der Waals surface area contributed by atoms with Crippen LogP contribution in [-0.2, 0) is 11.0 Å². The van der Waals surface area contributed by atoms with Crippen molar-refractivity contribution in [3.05, 3.63) is 54.0 Å². The molecule has 0 aliphatic carbocycles. The molecule has 1 aliphatic rings. The topological polar surface area (TPSA) is 65.8 Å². The maximum absolute atomic E-state index is 12.5. The Bertz CT molecular complexity index is 796. The van der Waals surface area contributed by atoms with E-state index in [0.29, 0.717) is 38.4 Å². The molecule has 0 atom stereocenters. The van der Waals surface area contributed by atoms with Crippen LogP contribution in [0.25, 0.3) is 0 Å². The molecule has 0 bridgehead atoms. The maximum Gasteiger partial charge on any atom is 0.416 e. The van der Waals surface area contributed by atoms with Crippen molar-refractivity contribution in [3.63, 3.8) is 0 Å². The van der Waals surface area contributed by atoms with Crippen LogP contribution in [0, 0.1) is 0 Å². The van der Waals surface area contributed by atoms with E-state index >= 15 is 0 Å². The van der Waals surface area contributed by atoms with Crippen molar-refractivity contribution >= 4 is 17.5 Å². The standard InChI is InChI=1S/C19H20F3N3O3/c20-19(21,22)14-3-5-15(6-4-14)23-8-7-17(26)24-9-11-25(12-10-24)18(27)16-2-1-13-28-16/h1-6,13,23H,7-12H2. The van der Waals surface area contributed by atoms with Gasteiger partial charge in [-0.05, 0) is 36.4 Å². The fourth-order valence-electron chi connectivity index (χ4n) is 2.96. The van der Waals surface area contributed by atoms with Gasteiger partial charge in [0.2, 0.25) is 5.91 Å². The molecule has 0 spiro atoms. The molecule has 0 unspecified atom stereocenters. The molecule has 2 aromatic rings. The van der Waals surface area contributed by atoms with Crippen LogP contribution < -0.4 is 5.32 Å². The molecule has 9 heteroatoms. The number of piperazine rings is 1. The summed E-state index contributed by atoms with van der Waals surface area (Å²) >= 11 is 0. The predicted molar refractivity (Wildman–Crippen MR) is 95.7 cm³/mol. The fraction of sp³-hybridized carbons (Fsp3) is 0.368. The summed E-state index contributed by atoms with van der Waals surface area (Å²) in [6.07, 6.45) is -2.71. The quantitative estimate of drug-likeness (QED) is 0.845. The van der Waals surface area contributed by atoms with Crippen LogP contribution >= 0.6 is 0 Å². The van der Waals surface area contributed by atoms with Crippen LogP contribution in [0.5, 0.6) is 0 Å². The van der Waals surface area contributed by atoms with Gasteiger partial charge >= 0.3 is 6.18 Å². The number of alkyl halides is 3. The summed E-state index contributed by atoms with van der Waals surface area (Å²) in [6, 6.07) is 7.93. The van der Waals surface area contributed by atoms with Crippen LogP contribution in [0.3, 0.4) is 0 Å². The number of hydrogen-bond acceptors (Lipinski definition) is 4. The molecule has 28 heavy (non-hydrogen) atoms. The molecular formula is C19H20F3N3O3. The van der Waals surface area contributed by atoms with E-state index in [-0.39, 0.29) is 24.0 Å². The van der Waals surface area contributed by atoms with Gasteiger partial charge in [0.1, 0.15) is 0 Å². The number of benzene rings is 1. The Morgan fingerprint density at radius 1 is 1.00 bits per heavy atom. The van der Waals surface area contributed by atoms with Crippen LogP contribution in [0.4, 0.5) is 18.9 Å². The van der Waals surface area contributed by atoms with Crippen molar-refractivity contribution < 1.29 is 27.2 Å². The second-order valence-electron chi connectivity index (χ2n) is 6.40. The molecule has 150 valence electrons. The molecule has 0 radical (unpaired) electrons. The number of nitrogens with zero attached hydrogens (tertiary/aromatic N) is 2. The van der Waals surface area contributed by atoms with Crippen LogP contribution in [0.2, 0.25) is 0 Å². The summed E-state index contributed by atoms with van der Waals surface area (Å²) < 4.78 is 42.7. The summed E-state index contributed by atoms with van der Waals surface area (Å²) in [7, 11) is 0. The Balaban J connectivity index is 1.41. The molecule has 2 amide bonds. The number of rotatable bonds is 5. The smallest absolute Gasteiger partial charge is 0.416 e. The first-order valence-electron chi connectivity index (χ1n) is 8.86. The summed E-state index contributed by atoms with van der Waals surface area (Å²) in [4.78, 5) is 27.8. The van der Waals surface area contributed by atoms with Crippen LogP contribution in [0.1, 0.15) is 22.5 Å². The zero-order chi connectivity index (χ0) is 20.1. The fourth-order valence-corrected chi connectivity index (χ4v) is 2.96. The molecule has 1 aromatic heterocycles. The van der Waals surface area contributed by atoms with Crippen molar-refractivity contribution in [2.45, 2.75) is 12.6 Å². The largest absolute Gasteiger partial charge is 0.459 e. The first kappa shape index (κ1) is 19.8. The van der Waals surface area contributed by atoms with Crippen molar-refractivity contribution in [1.29, 1.82) is 0 Å². The zero-order valence-electron chi connectivity index (χ0n) is 15.0. The molecule has 1 aliphatic heterocycles. The second kappa shape index (κ2) is 8.37. The number of halogens is 3. The third-order valence-electron chi connectivity index (χ3n) is 4.53. The molecule has 6 nitrogen and oxygen atoms in total. The highest BCUT2D eigenvalue weighted by Gasteiger charge is 2.30. The molecule has 1 aromatic carbocycles. The van der Waals surface area contributed by atoms with E-state index in [1.165, 1.54) is 18.4 Å². The highest BCUT2D eigenvalue weighted by atomic mass is 19.4. The number of hydrogen-bond donors (Lipinski definition) is 1. The van der Waals surface area contributed by atoms with Crippen molar-refractivity contribution in [2.75, 3.05) is 38.0 Å². The van der Waals surface area contributed by atoms with E-state index in [1.54, 1.807) is 21.9 Å². The van der Waals surface area contributed by atoms with E-state index in [1.807, 2.05) is 0 Å². The summed E-state index contributed by atoms with van der Waals surface area (Å²) in [6.45, 7) is 2.04. The van der Waals surface area contributed by atoms with Gasteiger partial charge in [-0.15, -0.1) is 0 Å². The van der Waals surface area contributed by atoms with E-state index < -0.39 is 11.7 Å². The number of nitrogens with one attached hydrogen (secondary N) is 1. The van der Waals surface area contributed by atoms with E-state index in [2.05, 4.69) is 5.32 Å². The van der Waals surface area contributed by atoms with E-state index in [0.717, 1.165) is 12.1 Å². The van der Waals surface area contributed by atoms with Gasteiger partial charge in [-0.25, -0.2) is 0 Å². The lowest BCUT2D eigenvalue weighted by Crippen LogP contribution is -2.50. The van der Waals surface area contributed by atoms with Crippen molar-refractivity contribution in [3.8, 4) is 0 Å². The zero-order valence-corrected chi connectivity index (χ0v) is 15.0. The molecule has 3 rings (SSSR count). The van der Waals surface area contributed by atoms with Gasteiger partial charge in [-0.1, -0.05) is 0 Å². The average Bonchev–Trinajstić information content (AvgIpc) is 3.22. The van der Waals surface area contributed by atoms with Crippen LogP contribution in [-0.4, -0.2) is 54.3 Å². The first-order valence-corrected chi connectivity index (χ1v) is 8.86. The monoisotopic (exact) mass is 395 g/mol. The Labute approximate surface area is 159 Å². The van der Waals surface area contributed by atoms with Gasteiger partial charge in [-0.3, -0.25) is 9.59 Å². The van der Waals surface area contributed by atoms with Gasteiger partial charge in [0.15, 0.2) is 5.76 Å². The third-order valence-corrected chi connectivity index (χ3v) is 4.53. The Hall–Kier alpha value is -2.97. The van der Waals surface area contributed by atoms with Gasteiger partial charge in [0.25, 0.3) is 5.91 Å². The minimum absolute atomic E-state index is 0.0653. The normalized spacial score (nSPS) is 14.8. The second-order valence-corrected chi connectivity index (χ2v) is 6.40. The maximum atomic E-state index is 12.5. The predicted octanol–water partition coefficient (Wildman–Crippen LogP) is 3.09. The number of carbonyl (C=O) groups is 2. The van der Waals surface area contributed by atoms with E-state index in [9.17, 15) is 22.8 Å². The summed E-state index contributed by atoms with van der Waals surface area (Å²) in [5.74, 6) is 0.0195. The van der Waals surface area contributed by atoms with Gasteiger partial charge < -0.3 is 19.5 Å². The van der Waals surface area contributed by atoms with Crippen molar-refractivity contribution in [2.24, 2.45) is 0 Å². The summed E-state index contributed by atoms with van der Waals surface area (Å²) in [5, 5.41) is 2.95. The van der Waals surface area contributed by atoms with Gasteiger partial charge in [0.05, 0.1) is 11.8 Å². The summed E-state index contributed by atoms with van der Waals surface area (Å²) in [5.41, 5.74) is -0.189. The lowest BCUT2D eigenvalue weighted by atomic mass is 10.2. The third kappa shape index (κ3) is 4.85. The minimum atomic E-state index is -4.37. The lowest BCUT2D eigenvalue weighted by Gasteiger charge is -2.34. The number of anilines is 1. The Morgan fingerprint density at radius 3 is 2.21 bits per heavy atom. The number of carbonyl (C=O) groups excluding carboxylic acids is 2. The first-order chi connectivity index (χ1) is 13.3. The van der Waals surface area contributed by atoms with Crippen molar-refractivity contribution in [1.82, 2.24) is 9.80 Å². The number of amides is 2. The Morgan fingerprint density at radius 2 is 1.64 bits per heavy atom. The molecule has 1 N–H and O–H groups in total. The van der Waals surface area contributed by atoms with E-state index in [4.69, 9.17) is 4.42 Å². The SMILES string of the molecule is O=C(CCNc1ccc(C(F)(F)F)cc1)N1CCN(C(=O)c2ccco2)CC1. The molecule has 1 fully saturated rings. The number of furan rings is 1. The molecule has 0 saturated carbocycles. The Kier molecular flexibility index (Phi) is 5.91. The molecule has 2 heterocycles. The van der Waals surface area contributed by atoms with Gasteiger partial charge in [0, 0.05) is 44.8 Å². The highest BCUT2D eigenvalue weighted by Crippen LogP contribution is 2.29. The highest BCUT2D eigenvalue weighted by molar-refractivity contribution is 5.91. The van der Waals surface area contributed by atoms with Crippen LogP contribution in [0.15, 0.2) is 47.1 Å². The van der Waals surface area contributed by atoms with Gasteiger partial charge in [-0.2, -0.15) is 13.2 Å². The molecule has 1 saturated heterocycles. The average molecular weight is 395 g/mol.